The van der Waals surface area contributed by atoms with Crippen molar-refractivity contribution >= 4 is 40.5 Å². The van der Waals surface area contributed by atoms with Gasteiger partial charge in [0.15, 0.2) is 0 Å². The third-order valence-corrected chi connectivity index (χ3v) is 6.70. The molecular formula is C22H27Cl2N5OS. The van der Waals surface area contributed by atoms with Crippen molar-refractivity contribution in [3.63, 3.8) is 0 Å². The van der Waals surface area contributed by atoms with Crippen molar-refractivity contribution in [3.8, 4) is 0 Å². The highest BCUT2D eigenvalue weighted by molar-refractivity contribution is 7.09. The first-order chi connectivity index (χ1) is 14.9. The summed E-state index contributed by atoms with van der Waals surface area (Å²) in [4.78, 5) is 23.4. The van der Waals surface area contributed by atoms with Crippen molar-refractivity contribution in [3.05, 3.63) is 73.0 Å². The Bertz CT molecular complexity index is 1050. The topological polar surface area (TPSA) is 82.7 Å². The van der Waals surface area contributed by atoms with Gasteiger partial charge >= 0.3 is 0 Å². The van der Waals surface area contributed by atoms with E-state index in [1.54, 1.807) is 24.3 Å². The number of anilines is 1. The van der Waals surface area contributed by atoms with Crippen LogP contribution in [0.4, 0.5) is 5.95 Å². The summed E-state index contributed by atoms with van der Waals surface area (Å²) in [6.45, 7) is 3.43. The third-order valence-electron chi connectivity index (χ3n) is 5.00. The van der Waals surface area contributed by atoms with E-state index in [2.05, 4.69) is 31.0 Å². The van der Waals surface area contributed by atoms with Crippen LogP contribution in [-0.2, 0) is 17.7 Å². The molecule has 31 heavy (non-hydrogen) atoms. The Morgan fingerprint density at radius 3 is 2.68 bits per heavy atom. The first kappa shape index (κ1) is 23.7. The molecule has 1 atom stereocenters. The number of alkyl halides is 1. The zero-order valence-electron chi connectivity index (χ0n) is 17.7. The second kappa shape index (κ2) is 11.1. The van der Waals surface area contributed by atoms with E-state index < -0.39 is 4.87 Å². The molecule has 0 bridgehead atoms. The molecule has 0 aliphatic rings. The Labute approximate surface area is 196 Å². The highest BCUT2D eigenvalue weighted by Gasteiger charge is 2.31. The second-order valence-electron chi connectivity index (χ2n) is 7.43. The largest absolute Gasteiger partial charge is 0.356 e. The molecular weight excluding hydrogens is 453 g/mol. The van der Waals surface area contributed by atoms with Crippen LogP contribution in [-0.4, -0.2) is 35.1 Å². The summed E-state index contributed by atoms with van der Waals surface area (Å²) < 4.78 is 0. The van der Waals surface area contributed by atoms with Crippen molar-refractivity contribution < 1.29 is 0 Å². The van der Waals surface area contributed by atoms with Gasteiger partial charge in [-0.05, 0) is 51.4 Å². The predicted octanol–water partition coefficient (Wildman–Crippen LogP) is 4.58. The number of nitrogens with zero attached hydrogens (tertiary/aromatic N) is 2. The van der Waals surface area contributed by atoms with E-state index >= 15 is 0 Å². The number of hydrogen-bond acceptors (Lipinski definition) is 6. The minimum atomic E-state index is -1.08. The van der Waals surface area contributed by atoms with E-state index in [9.17, 15) is 4.79 Å². The van der Waals surface area contributed by atoms with Crippen LogP contribution >= 0.6 is 34.5 Å². The molecule has 0 radical (unpaired) electrons. The minimum absolute atomic E-state index is 0.291. The Morgan fingerprint density at radius 2 is 1.94 bits per heavy atom. The van der Waals surface area contributed by atoms with Crippen LogP contribution in [0, 0.1) is 0 Å². The lowest BCUT2D eigenvalue weighted by Gasteiger charge is -2.23. The van der Waals surface area contributed by atoms with Crippen molar-refractivity contribution in [2.75, 3.05) is 25.5 Å². The van der Waals surface area contributed by atoms with Crippen LogP contribution < -0.4 is 16.2 Å². The zero-order valence-corrected chi connectivity index (χ0v) is 20.0. The molecule has 0 fully saturated rings. The lowest BCUT2D eigenvalue weighted by molar-refractivity contribution is 0.719. The van der Waals surface area contributed by atoms with Crippen molar-refractivity contribution in [1.29, 1.82) is 0 Å². The summed E-state index contributed by atoms with van der Waals surface area (Å²) >= 11 is 14.7. The maximum Gasteiger partial charge on any atom is 0.257 e. The van der Waals surface area contributed by atoms with E-state index in [4.69, 9.17) is 23.2 Å². The fraction of sp³-hybridized carbons (Fsp3) is 0.409. The molecule has 1 aromatic carbocycles. The minimum Gasteiger partial charge on any atom is -0.356 e. The Hall–Kier alpha value is -1.93. The number of rotatable bonds is 11. The van der Waals surface area contributed by atoms with Gasteiger partial charge in [-0.15, -0.1) is 22.9 Å². The Kier molecular flexibility index (Phi) is 8.49. The van der Waals surface area contributed by atoms with Crippen LogP contribution in [0.5, 0.6) is 0 Å². The highest BCUT2D eigenvalue weighted by atomic mass is 35.5. The van der Waals surface area contributed by atoms with E-state index in [1.807, 2.05) is 25.2 Å². The number of thiazole rings is 1. The van der Waals surface area contributed by atoms with E-state index in [-0.39, 0.29) is 5.56 Å². The molecule has 6 nitrogen and oxygen atoms in total. The second-order valence-corrected chi connectivity index (χ2v) is 9.53. The molecule has 0 saturated heterocycles. The molecule has 166 valence electrons. The molecule has 0 amide bonds. The summed E-state index contributed by atoms with van der Waals surface area (Å²) in [6, 6.07) is 7.23. The number of H-pyrrole nitrogens is 1. The molecule has 0 spiro atoms. The summed E-state index contributed by atoms with van der Waals surface area (Å²) in [5, 5.41) is 10.1. The zero-order chi connectivity index (χ0) is 22.3. The standard InChI is InChI=1S/C22H27Cl2N5OS/c1-22(24,16-8-3-4-9-18(16)23)17-13-27-21(29-20(17)30)26-12-5-7-15-14-31-19(28-15)10-6-11-25-2/h3-4,8-9,13-14,25H,5-7,10-12H2,1-2H3,(H2,26,27,29,30). The molecule has 2 heterocycles. The third kappa shape index (κ3) is 6.29. The van der Waals surface area contributed by atoms with Gasteiger partial charge in [-0.25, -0.2) is 9.97 Å². The fourth-order valence-corrected chi connectivity index (χ4v) is 4.82. The van der Waals surface area contributed by atoms with Gasteiger partial charge in [0, 0.05) is 29.6 Å². The number of benzene rings is 1. The average Bonchev–Trinajstić information content (AvgIpc) is 3.19. The molecule has 0 aliphatic heterocycles. The van der Waals surface area contributed by atoms with Crippen molar-refractivity contribution in [1.82, 2.24) is 20.3 Å². The smallest absolute Gasteiger partial charge is 0.257 e. The maximum atomic E-state index is 12.7. The molecule has 2 aromatic heterocycles. The van der Waals surface area contributed by atoms with Gasteiger partial charge in [0.05, 0.1) is 21.1 Å². The first-order valence-corrected chi connectivity index (χ1v) is 11.9. The quantitative estimate of drug-likeness (QED) is 0.277. The number of halogens is 2. The molecule has 3 rings (SSSR count). The monoisotopic (exact) mass is 479 g/mol. The molecule has 3 aromatic rings. The molecule has 9 heteroatoms. The summed E-state index contributed by atoms with van der Waals surface area (Å²) in [6.07, 6.45) is 5.38. The van der Waals surface area contributed by atoms with Gasteiger partial charge in [0.1, 0.15) is 0 Å². The van der Waals surface area contributed by atoms with Crippen molar-refractivity contribution in [2.45, 2.75) is 37.5 Å². The van der Waals surface area contributed by atoms with Gasteiger partial charge in [0.2, 0.25) is 5.95 Å². The van der Waals surface area contributed by atoms with Gasteiger partial charge in [-0.3, -0.25) is 9.78 Å². The van der Waals surface area contributed by atoms with Gasteiger partial charge < -0.3 is 10.6 Å². The van der Waals surface area contributed by atoms with Gasteiger partial charge in [0.25, 0.3) is 5.56 Å². The van der Waals surface area contributed by atoms with Crippen LogP contribution in [0.25, 0.3) is 0 Å². The lowest BCUT2D eigenvalue weighted by Crippen LogP contribution is -2.28. The van der Waals surface area contributed by atoms with Crippen LogP contribution in [0.3, 0.4) is 0 Å². The molecule has 1 unspecified atom stereocenters. The van der Waals surface area contributed by atoms with Crippen LogP contribution in [0.15, 0.2) is 40.6 Å². The summed E-state index contributed by atoms with van der Waals surface area (Å²) in [7, 11) is 1.96. The van der Waals surface area contributed by atoms with E-state index in [1.165, 1.54) is 11.2 Å². The lowest BCUT2D eigenvalue weighted by atomic mass is 9.94. The van der Waals surface area contributed by atoms with Crippen LogP contribution in [0.1, 0.15) is 41.6 Å². The van der Waals surface area contributed by atoms with Crippen molar-refractivity contribution in [2.24, 2.45) is 0 Å². The fourth-order valence-electron chi connectivity index (χ4n) is 3.28. The van der Waals surface area contributed by atoms with Gasteiger partial charge in [-0.1, -0.05) is 29.8 Å². The summed E-state index contributed by atoms with van der Waals surface area (Å²) in [5.41, 5.74) is 1.84. The Balaban J connectivity index is 1.54. The number of hydrogen-bond donors (Lipinski definition) is 3. The molecule has 0 aliphatic carbocycles. The number of aromatic amines is 1. The van der Waals surface area contributed by atoms with Gasteiger partial charge in [-0.2, -0.15) is 0 Å². The SMILES string of the molecule is CNCCCc1nc(CCCNc2ncc(C(C)(Cl)c3ccccc3Cl)c(=O)[nH]2)cs1. The van der Waals surface area contributed by atoms with E-state index in [0.29, 0.717) is 28.6 Å². The number of aryl methyl sites for hydroxylation is 2. The van der Waals surface area contributed by atoms with Crippen LogP contribution in [0.2, 0.25) is 5.02 Å². The normalized spacial score (nSPS) is 13.2. The number of nitrogens with one attached hydrogen (secondary N) is 3. The summed E-state index contributed by atoms with van der Waals surface area (Å²) in [5.74, 6) is 0.423. The Morgan fingerprint density at radius 1 is 1.16 bits per heavy atom. The first-order valence-electron chi connectivity index (χ1n) is 10.3. The molecule has 0 saturated carbocycles. The predicted molar refractivity (Wildman–Crippen MR) is 130 cm³/mol. The highest BCUT2D eigenvalue weighted by Crippen LogP contribution is 2.37. The average molecular weight is 480 g/mol. The van der Waals surface area contributed by atoms with E-state index in [0.717, 1.165) is 37.9 Å². The number of aromatic nitrogens is 3. The maximum absolute atomic E-state index is 12.7. The molecule has 3 N–H and O–H groups in total.